The molecular weight excluding hydrogens is 434 g/mol. The summed E-state index contributed by atoms with van der Waals surface area (Å²) in [4.78, 5) is 28.3. The van der Waals surface area contributed by atoms with Gasteiger partial charge in [0.05, 0.1) is 27.0 Å². The summed E-state index contributed by atoms with van der Waals surface area (Å²) in [5, 5.41) is 5.61. The summed E-state index contributed by atoms with van der Waals surface area (Å²) in [6.07, 6.45) is 0.779. The summed E-state index contributed by atoms with van der Waals surface area (Å²) >= 11 is 0. The number of hydrogen-bond donors (Lipinski definition) is 2. The minimum absolute atomic E-state index is 0.198. The molecule has 3 amide bonds. The number of methoxy groups -OCH3 is 3. The summed E-state index contributed by atoms with van der Waals surface area (Å²) in [6.45, 7) is 0.567. The molecule has 0 aliphatic carbocycles. The maximum atomic E-state index is 13.6. The van der Waals surface area contributed by atoms with E-state index >= 15 is 0 Å². The van der Waals surface area contributed by atoms with Gasteiger partial charge in [-0.25, -0.2) is 4.79 Å². The molecule has 34 heavy (non-hydrogen) atoms. The third-order valence-electron chi connectivity index (χ3n) is 5.73. The first-order valence-electron chi connectivity index (χ1n) is 10.9. The van der Waals surface area contributed by atoms with Crippen LogP contribution in [-0.2, 0) is 11.2 Å². The van der Waals surface area contributed by atoms with Gasteiger partial charge in [0.2, 0.25) is 5.75 Å². The van der Waals surface area contributed by atoms with E-state index in [0.29, 0.717) is 35.0 Å². The van der Waals surface area contributed by atoms with Crippen molar-refractivity contribution >= 4 is 23.3 Å². The lowest BCUT2D eigenvalue weighted by molar-refractivity contribution is -0.120. The standard InChI is InChI=1S/C26H27N3O5/c1-32-21-15-19(16-22(33-2)24(21)34-3)27-26(31)28-23(18-10-5-4-6-11-18)25(30)29-14-13-17-9-7-8-12-20(17)29/h4-12,15-16,23H,13-14H2,1-3H3,(H2,27,28,31)/t23-/m1/s1. The van der Waals surface area contributed by atoms with Crippen LogP contribution in [0.2, 0.25) is 0 Å². The fourth-order valence-corrected chi connectivity index (χ4v) is 4.11. The van der Waals surface area contributed by atoms with Crippen molar-refractivity contribution in [1.29, 1.82) is 0 Å². The van der Waals surface area contributed by atoms with Crippen LogP contribution >= 0.6 is 0 Å². The number of rotatable bonds is 7. The van der Waals surface area contributed by atoms with E-state index in [9.17, 15) is 9.59 Å². The van der Waals surface area contributed by atoms with Crippen LogP contribution in [0.5, 0.6) is 17.2 Å². The highest BCUT2D eigenvalue weighted by Crippen LogP contribution is 2.40. The molecule has 0 bridgehead atoms. The van der Waals surface area contributed by atoms with Gasteiger partial charge in [0.15, 0.2) is 11.5 Å². The molecule has 0 spiro atoms. The molecule has 0 saturated carbocycles. The predicted molar refractivity (Wildman–Crippen MR) is 130 cm³/mol. The molecule has 0 saturated heterocycles. The molecule has 1 aliphatic rings. The van der Waals surface area contributed by atoms with Crippen molar-refractivity contribution in [3.05, 3.63) is 77.9 Å². The molecule has 0 fully saturated rings. The quantitative estimate of drug-likeness (QED) is 0.552. The zero-order valence-corrected chi connectivity index (χ0v) is 19.3. The molecule has 8 nitrogen and oxygen atoms in total. The number of carbonyl (C=O) groups excluding carboxylic acids is 2. The Labute approximate surface area is 198 Å². The van der Waals surface area contributed by atoms with Crippen LogP contribution in [0.1, 0.15) is 17.2 Å². The lowest BCUT2D eigenvalue weighted by atomic mass is 10.1. The van der Waals surface area contributed by atoms with E-state index < -0.39 is 12.1 Å². The van der Waals surface area contributed by atoms with Gasteiger partial charge >= 0.3 is 6.03 Å². The summed E-state index contributed by atoms with van der Waals surface area (Å²) in [5.41, 5.74) is 3.11. The van der Waals surface area contributed by atoms with Crippen molar-refractivity contribution in [2.75, 3.05) is 38.1 Å². The third kappa shape index (κ3) is 4.61. The number of urea groups is 1. The van der Waals surface area contributed by atoms with Gasteiger partial charge in [-0.3, -0.25) is 4.79 Å². The second kappa shape index (κ2) is 10.2. The number of benzene rings is 3. The SMILES string of the molecule is COc1cc(NC(=O)N[C@@H](C(=O)N2CCc3ccccc32)c2ccccc2)cc(OC)c1OC. The van der Waals surface area contributed by atoms with Crippen molar-refractivity contribution < 1.29 is 23.8 Å². The molecule has 4 rings (SSSR count). The number of nitrogens with zero attached hydrogens (tertiary/aromatic N) is 1. The topological polar surface area (TPSA) is 89.1 Å². The van der Waals surface area contributed by atoms with E-state index in [-0.39, 0.29) is 5.91 Å². The molecule has 1 aliphatic heterocycles. The maximum Gasteiger partial charge on any atom is 0.320 e. The van der Waals surface area contributed by atoms with Gasteiger partial charge in [-0.1, -0.05) is 48.5 Å². The van der Waals surface area contributed by atoms with E-state index in [2.05, 4.69) is 10.6 Å². The van der Waals surface area contributed by atoms with Gasteiger partial charge in [-0.15, -0.1) is 0 Å². The second-order valence-electron chi connectivity index (χ2n) is 7.72. The number of anilines is 2. The lowest BCUT2D eigenvalue weighted by Crippen LogP contribution is -2.43. The van der Waals surface area contributed by atoms with Crippen LogP contribution < -0.4 is 29.7 Å². The van der Waals surface area contributed by atoms with E-state index in [1.807, 2.05) is 54.6 Å². The summed E-state index contributed by atoms with van der Waals surface area (Å²) in [6, 6.07) is 18.9. The smallest absolute Gasteiger partial charge is 0.320 e. The molecule has 8 heteroatoms. The highest BCUT2D eigenvalue weighted by molar-refractivity contribution is 6.02. The molecule has 176 valence electrons. The number of carbonyl (C=O) groups is 2. The molecule has 1 heterocycles. The average Bonchev–Trinajstić information content (AvgIpc) is 3.31. The van der Waals surface area contributed by atoms with Crippen LogP contribution in [-0.4, -0.2) is 39.8 Å². The van der Waals surface area contributed by atoms with E-state index in [1.54, 1.807) is 17.0 Å². The zero-order chi connectivity index (χ0) is 24.1. The van der Waals surface area contributed by atoms with Gasteiger partial charge in [-0.05, 0) is 23.6 Å². The molecule has 1 atom stereocenters. The van der Waals surface area contributed by atoms with Crippen molar-refractivity contribution in [3.63, 3.8) is 0 Å². The summed E-state index contributed by atoms with van der Waals surface area (Å²) < 4.78 is 16.0. The van der Waals surface area contributed by atoms with Gasteiger partial charge < -0.3 is 29.7 Å². The number of hydrogen-bond acceptors (Lipinski definition) is 5. The zero-order valence-electron chi connectivity index (χ0n) is 19.3. The predicted octanol–water partition coefficient (Wildman–Crippen LogP) is 4.16. The second-order valence-corrected chi connectivity index (χ2v) is 7.72. The van der Waals surface area contributed by atoms with Gasteiger partial charge in [0.1, 0.15) is 6.04 Å². The number of amides is 3. The fourth-order valence-electron chi connectivity index (χ4n) is 4.11. The molecular formula is C26H27N3O5. The Kier molecular flexibility index (Phi) is 6.87. The molecule has 2 N–H and O–H groups in total. The Balaban J connectivity index is 1.58. The first kappa shape index (κ1) is 23.0. The van der Waals surface area contributed by atoms with Crippen LogP contribution in [0.15, 0.2) is 66.7 Å². The monoisotopic (exact) mass is 461 g/mol. The van der Waals surface area contributed by atoms with Crippen molar-refractivity contribution in [2.24, 2.45) is 0 Å². The van der Waals surface area contributed by atoms with Crippen LogP contribution in [0.3, 0.4) is 0 Å². The van der Waals surface area contributed by atoms with Gasteiger partial charge in [0.25, 0.3) is 5.91 Å². The minimum Gasteiger partial charge on any atom is -0.493 e. The summed E-state index contributed by atoms with van der Waals surface area (Å²) in [7, 11) is 4.50. The molecule has 3 aromatic carbocycles. The maximum absolute atomic E-state index is 13.6. The third-order valence-corrected chi connectivity index (χ3v) is 5.73. The Morgan fingerprint density at radius 2 is 1.53 bits per heavy atom. The van der Waals surface area contributed by atoms with Crippen molar-refractivity contribution in [3.8, 4) is 17.2 Å². The molecule has 0 unspecified atom stereocenters. The van der Waals surface area contributed by atoms with E-state index in [0.717, 1.165) is 17.7 Å². The van der Waals surface area contributed by atoms with E-state index in [4.69, 9.17) is 14.2 Å². The average molecular weight is 462 g/mol. The van der Waals surface area contributed by atoms with Crippen LogP contribution in [0.25, 0.3) is 0 Å². The van der Waals surface area contributed by atoms with Crippen molar-refractivity contribution in [2.45, 2.75) is 12.5 Å². The highest BCUT2D eigenvalue weighted by Gasteiger charge is 2.32. The van der Waals surface area contributed by atoms with Gasteiger partial charge in [0, 0.05) is 24.4 Å². The van der Waals surface area contributed by atoms with Crippen molar-refractivity contribution in [1.82, 2.24) is 5.32 Å². The van der Waals surface area contributed by atoms with E-state index in [1.165, 1.54) is 21.3 Å². The first-order chi connectivity index (χ1) is 16.5. The van der Waals surface area contributed by atoms with Crippen LogP contribution in [0, 0.1) is 0 Å². The Hall–Kier alpha value is -4.20. The first-order valence-corrected chi connectivity index (χ1v) is 10.9. The van der Waals surface area contributed by atoms with Gasteiger partial charge in [-0.2, -0.15) is 0 Å². The van der Waals surface area contributed by atoms with Crippen LogP contribution in [0.4, 0.5) is 16.2 Å². The molecule has 0 aromatic heterocycles. The Morgan fingerprint density at radius 1 is 0.882 bits per heavy atom. The highest BCUT2D eigenvalue weighted by atomic mass is 16.5. The normalized spacial score (nSPS) is 13.0. The number of fused-ring (bicyclic) bond motifs is 1. The number of nitrogens with one attached hydrogen (secondary N) is 2. The number of ether oxygens (including phenoxy) is 3. The Bertz CT molecular complexity index is 1160. The minimum atomic E-state index is -0.866. The Morgan fingerprint density at radius 3 is 2.18 bits per heavy atom. The molecule has 3 aromatic rings. The molecule has 0 radical (unpaired) electrons. The summed E-state index contributed by atoms with van der Waals surface area (Å²) in [5.74, 6) is 1.03. The largest absolute Gasteiger partial charge is 0.493 e. The lowest BCUT2D eigenvalue weighted by Gasteiger charge is -2.25. The fraction of sp³-hybridized carbons (Fsp3) is 0.231. The number of para-hydroxylation sites is 1.